The highest BCUT2D eigenvalue weighted by Gasteiger charge is 1.91. The number of hydrogen-bond donors (Lipinski definition) is 2. The average Bonchev–Trinajstić information content (AvgIpc) is 2.91. The monoisotopic (exact) mass is 608 g/mol. The summed E-state index contributed by atoms with van der Waals surface area (Å²) in [7, 11) is 0. The van der Waals surface area contributed by atoms with Crippen molar-refractivity contribution in [1.82, 2.24) is 0 Å². The van der Waals surface area contributed by atoms with E-state index in [9.17, 15) is 0 Å². The van der Waals surface area contributed by atoms with Gasteiger partial charge in [0.15, 0.2) is 0 Å². The molecule has 0 saturated heterocycles. The van der Waals surface area contributed by atoms with Crippen molar-refractivity contribution in [2.45, 2.75) is 51.4 Å². The maximum atomic E-state index is 8.64. The van der Waals surface area contributed by atoms with Gasteiger partial charge >= 0.3 is 0 Å². The lowest BCUT2D eigenvalue weighted by atomic mass is 10.1. The van der Waals surface area contributed by atoms with Gasteiger partial charge in [0, 0.05) is 71.8 Å². The molecule has 0 aliphatic rings. The topological polar surface area (TPSA) is 40.5 Å². The van der Waals surface area contributed by atoms with Gasteiger partial charge in [0.25, 0.3) is 0 Å². The smallest absolute Gasteiger partial charge is 0.0440 e. The molecule has 0 unspecified atom stereocenters. The maximum absolute atomic E-state index is 8.64. The quantitative estimate of drug-likeness (QED) is 0.199. The van der Waals surface area contributed by atoms with Crippen molar-refractivity contribution < 1.29 is 10.2 Å². The lowest BCUT2D eigenvalue weighted by molar-refractivity contribution is 0.290. The van der Waals surface area contributed by atoms with E-state index in [0.29, 0.717) is 25.7 Å². The van der Waals surface area contributed by atoms with E-state index >= 15 is 0 Å². The predicted octanol–water partition coefficient (Wildman–Crippen LogP) is 6.67. The van der Waals surface area contributed by atoms with Crippen molar-refractivity contribution >= 4 is 31.9 Å². The van der Waals surface area contributed by atoms with Crippen molar-refractivity contribution in [1.29, 1.82) is 0 Å². The summed E-state index contributed by atoms with van der Waals surface area (Å²) in [5.41, 5.74) is 4.00. The Balaban J connectivity index is 0.000000360. The summed E-state index contributed by atoms with van der Waals surface area (Å²) < 4.78 is 0. The van der Waals surface area contributed by atoms with Crippen LogP contribution in [-0.4, -0.2) is 34.1 Å². The van der Waals surface area contributed by atoms with E-state index in [4.69, 9.17) is 10.2 Å². The highest BCUT2D eigenvalue weighted by atomic mass is 79.9. The molecule has 0 aliphatic carbocycles. The van der Waals surface area contributed by atoms with Crippen LogP contribution in [0, 0.1) is 47.4 Å². The van der Waals surface area contributed by atoms with Gasteiger partial charge in [0.1, 0.15) is 0 Å². The first-order valence-corrected chi connectivity index (χ1v) is 14.5. The van der Waals surface area contributed by atoms with Crippen LogP contribution in [0.4, 0.5) is 0 Å². The molecule has 4 heteroatoms. The molecular formula is C32H34Br2O2. The molecule has 0 spiro atoms. The lowest BCUT2D eigenvalue weighted by Crippen LogP contribution is -1.81. The minimum absolute atomic E-state index is 0.186. The molecular weight excluding hydrogens is 576 g/mol. The largest absolute Gasteiger partial charge is 0.396 e. The molecule has 2 N–H and O–H groups in total. The van der Waals surface area contributed by atoms with Crippen molar-refractivity contribution in [2.75, 3.05) is 23.9 Å². The zero-order valence-corrected chi connectivity index (χ0v) is 23.9. The van der Waals surface area contributed by atoms with Crippen LogP contribution < -0.4 is 0 Å². The summed E-state index contributed by atoms with van der Waals surface area (Å²) in [6.07, 6.45) is 6.92. The molecule has 0 fully saturated rings. The van der Waals surface area contributed by atoms with Crippen LogP contribution >= 0.6 is 31.9 Å². The van der Waals surface area contributed by atoms with E-state index in [2.05, 4.69) is 85.3 Å². The summed E-state index contributed by atoms with van der Waals surface area (Å²) >= 11 is 6.80. The Bertz CT molecular complexity index is 951. The Hall–Kier alpha value is -2.44. The van der Waals surface area contributed by atoms with Gasteiger partial charge < -0.3 is 10.2 Å². The van der Waals surface area contributed by atoms with Gasteiger partial charge in [-0.15, -0.1) is 0 Å². The standard InChI is InChI=1S/C16H16Br2.C16H18O2/c2*17-12-5-1-3-8-15-10-7-11-16(14-15)9-4-2-6-13-18/h7,10-11,14H,1-2,5-6,12-13H2;7,10-11,14,17-18H,1-2,5-6,12-13H2. The Morgan fingerprint density at radius 2 is 0.806 bits per heavy atom. The highest BCUT2D eigenvalue weighted by Crippen LogP contribution is 2.04. The molecule has 0 atom stereocenters. The van der Waals surface area contributed by atoms with E-state index in [1.165, 1.54) is 0 Å². The first-order chi connectivity index (χ1) is 17.7. The van der Waals surface area contributed by atoms with Gasteiger partial charge in [-0.1, -0.05) is 91.4 Å². The van der Waals surface area contributed by atoms with E-state index in [1.54, 1.807) is 0 Å². The van der Waals surface area contributed by atoms with Gasteiger partial charge in [0.2, 0.25) is 0 Å². The fraction of sp³-hybridized carbons (Fsp3) is 0.375. The molecule has 188 valence electrons. The molecule has 36 heavy (non-hydrogen) atoms. The highest BCUT2D eigenvalue weighted by molar-refractivity contribution is 9.09. The van der Waals surface area contributed by atoms with Crippen molar-refractivity contribution in [2.24, 2.45) is 0 Å². The summed E-state index contributed by atoms with van der Waals surface area (Å²) in [5.74, 6) is 24.8. The summed E-state index contributed by atoms with van der Waals surface area (Å²) in [6.45, 7) is 0.371. The fourth-order valence-corrected chi connectivity index (χ4v) is 3.21. The number of halogens is 2. The first-order valence-electron chi connectivity index (χ1n) is 12.2. The van der Waals surface area contributed by atoms with E-state index in [0.717, 1.165) is 58.6 Å². The second-order valence-corrected chi connectivity index (χ2v) is 9.19. The van der Waals surface area contributed by atoms with Crippen LogP contribution in [0.15, 0.2) is 48.5 Å². The second kappa shape index (κ2) is 23.0. The lowest BCUT2D eigenvalue weighted by Gasteiger charge is -1.92. The first kappa shape index (κ1) is 31.6. The average molecular weight is 610 g/mol. The van der Waals surface area contributed by atoms with Crippen molar-refractivity contribution in [3.05, 3.63) is 70.8 Å². The maximum Gasteiger partial charge on any atom is 0.0440 e. The number of aliphatic hydroxyl groups excluding tert-OH is 2. The summed E-state index contributed by atoms with van der Waals surface area (Å²) in [4.78, 5) is 0. The van der Waals surface area contributed by atoms with Crippen molar-refractivity contribution in [3.8, 4) is 47.4 Å². The van der Waals surface area contributed by atoms with Crippen LogP contribution in [0.5, 0.6) is 0 Å². The Morgan fingerprint density at radius 3 is 1.08 bits per heavy atom. The number of unbranched alkanes of at least 4 members (excludes halogenated alkanes) is 4. The Kier molecular flexibility index (Phi) is 20.2. The van der Waals surface area contributed by atoms with Gasteiger partial charge in [-0.05, 0) is 62.1 Å². The molecule has 0 amide bonds. The van der Waals surface area contributed by atoms with E-state index in [-0.39, 0.29) is 13.2 Å². The molecule has 0 aromatic heterocycles. The second-order valence-electron chi connectivity index (χ2n) is 7.61. The Morgan fingerprint density at radius 1 is 0.500 bits per heavy atom. The molecule has 2 aromatic rings. The molecule has 2 aromatic carbocycles. The molecule has 0 aliphatic heterocycles. The predicted molar refractivity (Wildman–Crippen MR) is 159 cm³/mol. The zero-order valence-electron chi connectivity index (χ0n) is 20.8. The molecule has 2 nitrogen and oxygen atoms in total. The molecule has 0 heterocycles. The number of alkyl halides is 2. The van der Waals surface area contributed by atoms with Gasteiger partial charge in [0.05, 0.1) is 0 Å². The molecule has 0 radical (unpaired) electrons. The third-order valence-electron chi connectivity index (χ3n) is 4.45. The minimum atomic E-state index is 0.186. The molecule has 2 rings (SSSR count). The number of rotatable bonds is 8. The van der Waals surface area contributed by atoms with Crippen LogP contribution in [0.3, 0.4) is 0 Å². The SMILES string of the molecule is BrCCCC#Cc1cccc(C#CCCCBr)c1.OCCCC#Cc1cccc(C#CCCCO)c1. The van der Waals surface area contributed by atoms with E-state index < -0.39 is 0 Å². The number of benzene rings is 2. The third kappa shape index (κ3) is 17.1. The normalized spacial score (nSPS) is 9.00. The summed E-state index contributed by atoms with van der Waals surface area (Å²) in [5, 5.41) is 19.3. The van der Waals surface area contributed by atoms with Crippen LogP contribution in [0.1, 0.15) is 73.6 Å². The zero-order chi connectivity index (χ0) is 26.1. The summed E-state index contributed by atoms with van der Waals surface area (Å²) in [6, 6.07) is 15.9. The molecule has 0 bridgehead atoms. The minimum Gasteiger partial charge on any atom is -0.396 e. The number of hydrogen-bond acceptors (Lipinski definition) is 2. The van der Waals surface area contributed by atoms with Crippen LogP contribution in [0.2, 0.25) is 0 Å². The van der Waals surface area contributed by atoms with Gasteiger partial charge in [-0.3, -0.25) is 0 Å². The van der Waals surface area contributed by atoms with Gasteiger partial charge in [-0.2, -0.15) is 0 Å². The third-order valence-corrected chi connectivity index (χ3v) is 5.57. The van der Waals surface area contributed by atoms with Gasteiger partial charge in [-0.25, -0.2) is 0 Å². The van der Waals surface area contributed by atoms with Crippen LogP contribution in [-0.2, 0) is 0 Å². The van der Waals surface area contributed by atoms with Crippen LogP contribution in [0.25, 0.3) is 0 Å². The van der Waals surface area contributed by atoms with Crippen molar-refractivity contribution in [3.63, 3.8) is 0 Å². The van der Waals surface area contributed by atoms with E-state index in [1.807, 2.05) is 42.5 Å². The Labute approximate surface area is 234 Å². The number of aliphatic hydroxyl groups is 2. The fourth-order valence-electron chi connectivity index (χ4n) is 2.65. The molecule has 0 saturated carbocycles.